The van der Waals surface area contributed by atoms with Crippen LogP contribution in [0.1, 0.15) is 5.69 Å². The van der Waals surface area contributed by atoms with E-state index >= 15 is 0 Å². The first-order valence-electron chi connectivity index (χ1n) is 6.73. The van der Waals surface area contributed by atoms with Crippen molar-refractivity contribution in [2.24, 2.45) is 21.1 Å². The third-order valence-corrected chi connectivity index (χ3v) is 5.51. The molecule has 0 unspecified atom stereocenters. The summed E-state index contributed by atoms with van der Waals surface area (Å²) in [5.41, 5.74) is -0.233. The number of fused-ring (bicyclic) bond motifs is 1. The van der Waals surface area contributed by atoms with E-state index in [-0.39, 0.29) is 16.8 Å². The third-order valence-electron chi connectivity index (χ3n) is 3.64. The van der Waals surface area contributed by atoms with Gasteiger partial charge in [0.1, 0.15) is 4.83 Å². The lowest BCUT2D eigenvalue weighted by Gasteiger charge is -2.10. The largest absolute Gasteiger partial charge is 0.330 e. The van der Waals surface area contributed by atoms with E-state index < -0.39 is 0 Å². The average Bonchev–Trinajstić information content (AvgIpc) is 3.00. The van der Waals surface area contributed by atoms with Crippen molar-refractivity contribution in [3.05, 3.63) is 54.4 Å². The van der Waals surface area contributed by atoms with E-state index in [0.717, 1.165) is 4.57 Å². The Morgan fingerprint density at radius 3 is 2.61 bits per heavy atom. The summed E-state index contributed by atoms with van der Waals surface area (Å²) in [6.07, 6.45) is 0. The van der Waals surface area contributed by atoms with Crippen LogP contribution in [0.2, 0.25) is 0 Å². The van der Waals surface area contributed by atoms with Crippen molar-refractivity contribution in [3.8, 4) is 0 Å². The zero-order valence-corrected chi connectivity index (χ0v) is 14.4. The fourth-order valence-electron chi connectivity index (χ4n) is 2.16. The highest BCUT2D eigenvalue weighted by Crippen LogP contribution is 2.22. The van der Waals surface area contributed by atoms with Crippen molar-refractivity contribution >= 4 is 33.3 Å². The summed E-state index contributed by atoms with van der Waals surface area (Å²) in [5.74, 6) is 0.374. The summed E-state index contributed by atoms with van der Waals surface area (Å²) >= 11 is 2.73. The quantitative estimate of drug-likeness (QED) is 0.513. The lowest BCUT2D eigenvalue weighted by molar-refractivity contribution is 0.664. The SMILES string of the molecule is Cn1c(SCc2cc(=O)n(C)c(=O)n2C)nc2sccc2c1=O. The van der Waals surface area contributed by atoms with Gasteiger partial charge in [0.15, 0.2) is 5.16 Å². The number of thioether (sulfide) groups is 1. The second kappa shape index (κ2) is 5.82. The molecule has 3 aromatic heterocycles. The molecule has 0 spiro atoms. The Bertz CT molecular complexity index is 1070. The van der Waals surface area contributed by atoms with Gasteiger partial charge in [-0.05, 0) is 11.4 Å². The van der Waals surface area contributed by atoms with Gasteiger partial charge < -0.3 is 0 Å². The van der Waals surface area contributed by atoms with Crippen LogP contribution in [0.5, 0.6) is 0 Å². The Hall–Kier alpha value is -2.13. The van der Waals surface area contributed by atoms with Crippen molar-refractivity contribution in [2.75, 3.05) is 0 Å². The van der Waals surface area contributed by atoms with Gasteiger partial charge in [0.05, 0.1) is 5.39 Å². The number of thiophene rings is 1. The van der Waals surface area contributed by atoms with E-state index in [1.807, 2.05) is 5.38 Å². The van der Waals surface area contributed by atoms with E-state index in [2.05, 4.69) is 4.98 Å². The molecular formula is C14H14N4O3S2. The number of hydrogen-bond acceptors (Lipinski definition) is 6. The molecule has 0 fully saturated rings. The highest BCUT2D eigenvalue weighted by molar-refractivity contribution is 7.98. The fourth-order valence-corrected chi connectivity index (χ4v) is 3.96. The average molecular weight is 350 g/mol. The predicted molar refractivity (Wildman–Crippen MR) is 91.3 cm³/mol. The second-order valence-electron chi connectivity index (χ2n) is 5.06. The molecule has 9 heteroatoms. The molecule has 0 bridgehead atoms. The van der Waals surface area contributed by atoms with Crippen LogP contribution in [0, 0.1) is 0 Å². The first-order chi connectivity index (χ1) is 10.9. The zero-order chi connectivity index (χ0) is 16.7. The van der Waals surface area contributed by atoms with Crippen LogP contribution in [0.3, 0.4) is 0 Å². The monoisotopic (exact) mass is 350 g/mol. The molecule has 3 heterocycles. The van der Waals surface area contributed by atoms with Crippen LogP contribution in [0.4, 0.5) is 0 Å². The molecule has 0 saturated heterocycles. The number of aromatic nitrogens is 4. The van der Waals surface area contributed by atoms with E-state index in [0.29, 0.717) is 26.8 Å². The van der Waals surface area contributed by atoms with Gasteiger partial charge in [-0.3, -0.25) is 23.3 Å². The molecule has 7 nitrogen and oxygen atoms in total. The summed E-state index contributed by atoms with van der Waals surface area (Å²) in [6, 6.07) is 3.19. The van der Waals surface area contributed by atoms with Gasteiger partial charge in [0.2, 0.25) is 0 Å². The summed E-state index contributed by atoms with van der Waals surface area (Å²) in [7, 11) is 4.72. The lowest BCUT2D eigenvalue weighted by Crippen LogP contribution is -2.37. The topological polar surface area (TPSA) is 78.9 Å². The van der Waals surface area contributed by atoms with E-state index in [1.54, 1.807) is 20.2 Å². The maximum atomic E-state index is 12.2. The molecule has 0 amide bonds. The first-order valence-corrected chi connectivity index (χ1v) is 8.59. The normalized spacial score (nSPS) is 11.3. The van der Waals surface area contributed by atoms with Gasteiger partial charge in [-0.2, -0.15) is 0 Å². The zero-order valence-electron chi connectivity index (χ0n) is 12.8. The molecule has 0 aliphatic heterocycles. The Morgan fingerprint density at radius 2 is 1.87 bits per heavy atom. The van der Waals surface area contributed by atoms with Crippen molar-refractivity contribution in [1.82, 2.24) is 18.7 Å². The standard InChI is InChI=1S/C14H14N4O3S2/c1-16-8(6-10(19)17(2)14(16)21)7-23-13-15-11-9(4-5-22-11)12(20)18(13)3/h4-6H,7H2,1-3H3. The van der Waals surface area contributed by atoms with Gasteiger partial charge in [-0.15, -0.1) is 11.3 Å². The van der Waals surface area contributed by atoms with Crippen LogP contribution < -0.4 is 16.8 Å². The minimum absolute atomic E-state index is 0.100. The number of rotatable bonds is 3. The van der Waals surface area contributed by atoms with Gasteiger partial charge in [0, 0.05) is 38.7 Å². The molecule has 120 valence electrons. The number of hydrogen-bond donors (Lipinski definition) is 0. The summed E-state index contributed by atoms with van der Waals surface area (Å²) in [6.45, 7) is 0. The predicted octanol–water partition coefficient (Wildman–Crippen LogP) is 0.685. The maximum Gasteiger partial charge on any atom is 0.330 e. The number of nitrogens with zero attached hydrogens (tertiary/aromatic N) is 4. The second-order valence-corrected chi connectivity index (χ2v) is 6.90. The van der Waals surface area contributed by atoms with Gasteiger partial charge >= 0.3 is 5.69 Å². The summed E-state index contributed by atoms with van der Waals surface area (Å²) < 4.78 is 3.97. The Morgan fingerprint density at radius 1 is 1.13 bits per heavy atom. The van der Waals surface area contributed by atoms with E-state index in [9.17, 15) is 14.4 Å². The third kappa shape index (κ3) is 2.66. The van der Waals surface area contributed by atoms with Crippen LogP contribution in [-0.2, 0) is 26.9 Å². The molecule has 0 aliphatic rings. The van der Waals surface area contributed by atoms with E-state index in [1.165, 1.54) is 45.3 Å². The Kier molecular flexibility index (Phi) is 3.99. The molecule has 0 N–H and O–H groups in total. The highest BCUT2D eigenvalue weighted by Gasteiger charge is 2.12. The molecule has 23 heavy (non-hydrogen) atoms. The summed E-state index contributed by atoms with van der Waals surface area (Å²) in [4.78, 5) is 41.1. The molecule has 0 radical (unpaired) electrons. The van der Waals surface area contributed by atoms with Gasteiger partial charge in [-0.1, -0.05) is 11.8 Å². The van der Waals surface area contributed by atoms with Gasteiger partial charge in [-0.25, -0.2) is 9.78 Å². The van der Waals surface area contributed by atoms with Crippen LogP contribution >= 0.6 is 23.1 Å². The molecule has 0 saturated carbocycles. The molecule has 0 aliphatic carbocycles. The minimum atomic E-state index is -0.372. The maximum absolute atomic E-state index is 12.2. The van der Waals surface area contributed by atoms with E-state index in [4.69, 9.17) is 0 Å². The molecule has 0 atom stereocenters. The Balaban J connectivity index is 1.99. The molecule has 3 rings (SSSR count). The van der Waals surface area contributed by atoms with Crippen molar-refractivity contribution in [2.45, 2.75) is 10.9 Å². The van der Waals surface area contributed by atoms with Crippen LogP contribution in [-0.4, -0.2) is 18.7 Å². The Labute approximate surface area is 138 Å². The first kappa shape index (κ1) is 15.8. The van der Waals surface area contributed by atoms with Crippen LogP contribution in [0.15, 0.2) is 37.1 Å². The fraction of sp³-hybridized carbons (Fsp3) is 0.286. The molecular weight excluding hydrogens is 336 g/mol. The lowest BCUT2D eigenvalue weighted by atomic mass is 10.4. The minimum Gasteiger partial charge on any atom is -0.300 e. The highest BCUT2D eigenvalue weighted by atomic mass is 32.2. The van der Waals surface area contributed by atoms with Gasteiger partial charge in [0.25, 0.3) is 11.1 Å². The van der Waals surface area contributed by atoms with Crippen molar-refractivity contribution in [3.63, 3.8) is 0 Å². The molecule has 3 aromatic rings. The molecule has 0 aromatic carbocycles. The summed E-state index contributed by atoms with van der Waals surface area (Å²) in [5, 5.41) is 2.99. The van der Waals surface area contributed by atoms with Crippen LogP contribution in [0.25, 0.3) is 10.2 Å². The smallest absolute Gasteiger partial charge is 0.300 e. The van der Waals surface area contributed by atoms with Crippen molar-refractivity contribution < 1.29 is 0 Å². The van der Waals surface area contributed by atoms with Crippen molar-refractivity contribution in [1.29, 1.82) is 0 Å².